The summed E-state index contributed by atoms with van der Waals surface area (Å²) in [4.78, 5) is 26.6. The molecule has 3 rings (SSSR count). The van der Waals surface area contributed by atoms with Gasteiger partial charge >= 0.3 is 5.97 Å². The molecule has 8 unspecified atom stereocenters. The standard InChI is InChI=1S/C51H82N2O17/c1-32-16-13-11-9-7-5-3-4-6-8-10-12-14-17-37(70-51-49(65)48(52)44(63)31-68-51)30-45(47(41(60)22-24-54)50(66)53-38-18-15-19-39(38)58)67-25-23-35(56)28-43(62)40(59)21-20-34(55)27-36(57)29-46(64)69-33(2)26-42(32)61/h3-14,16-17,32-45,47-49,51,54-63,65H,15,18-31,52H2,1-2H3,(H,53,66)/b4-3+,7-5+,8-6+,11-9+,12-10+,16-13+,17-14+/t32-,33-,34?,35?,36?,37?,38+,39?,40?,41-,42-,43?,44+,45-,47?,48-,49-,51-/m0/s1. The topological polar surface area (TPSA) is 332 Å². The van der Waals surface area contributed by atoms with E-state index in [1.165, 1.54) is 0 Å². The number of cyclic esters (lactones) is 1. The van der Waals surface area contributed by atoms with E-state index in [0.29, 0.717) is 19.3 Å². The molecule has 0 aromatic carbocycles. The zero-order valence-electron chi connectivity index (χ0n) is 40.5. The highest BCUT2D eigenvalue weighted by molar-refractivity contribution is 5.80. The number of ether oxygens (including phenoxy) is 4. The van der Waals surface area contributed by atoms with Crippen molar-refractivity contribution in [2.24, 2.45) is 17.6 Å². The molecule has 2 fully saturated rings. The van der Waals surface area contributed by atoms with Gasteiger partial charge in [-0.1, -0.05) is 92.0 Å². The first-order valence-corrected chi connectivity index (χ1v) is 24.6. The first-order valence-electron chi connectivity index (χ1n) is 24.6. The van der Waals surface area contributed by atoms with Crippen molar-refractivity contribution in [2.75, 3.05) is 19.8 Å². The number of aliphatic hydroxyl groups is 11. The molecule has 0 aromatic heterocycles. The Hall–Kier alpha value is -3.48. The van der Waals surface area contributed by atoms with Crippen LogP contribution in [0.15, 0.2) is 85.1 Å². The second-order valence-electron chi connectivity index (χ2n) is 18.7. The van der Waals surface area contributed by atoms with E-state index >= 15 is 0 Å². The highest BCUT2D eigenvalue weighted by Crippen LogP contribution is 2.28. The van der Waals surface area contributed by atoms with Crippen molar-refractivity contribution in [1.82, 2.24) is 5.32 Å². The highest BCUT2D eigenvalue weighted by atomic mass is 16.7. The van der Waals surface area contributed by atoms with Gasteiger partial charge in [0.05, 0.1) is 98.2 Å². The van der Waals surface area contributed by atoms with E-state index in [2.05, 4.69) is 5.32 Å². The molecule has 0 aromatic rings. The van der Waals surface area contributed by atoms with Gasteiger partial charge in [0.1, 0.15) is 12.2 Å². The Balaban J connectivity index is 1.91. The van der Waals surface area contributed by atoms with E-state index < -0.39 is 129 Å². The molecule has 19 nitrogen and oxygen atoms in total. The predicted octanol–water partition coefficient (Wildman–Crippen LogP) is 0.312. The summed E-state index contributed by atoms with van der Waals surface area (Å²) in [5, 5.41) is 120. The Morgan fingerprint density at radius 1 is 0.700 bits per heavy atom. The van der Waals surface area contributed by atoms with Gasteiger partial charge in [0.25, 0.3) is 0 Å². The van der Waals surface area contributed by atoms with Crippen molar-refractivity contribution in [1.29, 1.82) is 0 Å². The van der Waals surface area contributed by atoms with Gasteiger partial charge in [0, 0.05) is 38.4 Å². The molecule has 1 amide bonds. The number of nitrogens with one attached hydrogen (secondary N) is 1. The molecular weight excluding hydrogens is 913 g/mol. The fourth-order valence-electron chi connectivity index (χ4n) is 8.37. The Morgan fingerprint density at radius 3 is 1.93 bits per heavy atom. The number of hydrogen-bond acceptors (Lipinski definition) is 18. The summed E-state index contributed by atoms with van der Waals surface area (Å²) in [6.45, 7) is 2.49. The van der Waals surface area contributed by atoms with Crippen LogP contribution in [0.1, 0.15) is 90.9 Å². The van der Waals surface area contributed by atoms with Gasteiger partial charge in [0.2, 0.25) is 5.91 Å². The van der Waals surface area contributed by atoms with Gasteiger partial charge in [-0.3, -0.25) is 9.59 Å². The average molecular weight is 995 g/mol. The number of nitrogens with two attached hydrogens (primary N) is 1. The van der Waals surface area contributed by atoms with Crippen LogP contribution in [-0.2, 0) is 28.5 Å². The predicted molar refractivity (Wildman–Crippen MR) is 259 cm³/mol. The number of hydrogen-bond donors (Lipinski definition) is 13. The second-order valence-corrected chi connectivity index (χ2v) is 18.7. The quantitative estimate of drug-likeness (QED) is 0.146. The molecule has 1 saturated heterocycles. The molecule has 398 valence electrons. The molecule has 1 aliphatic carbocycles. The van der Waals surface area contributed by atoms with Gasteiger partial charge in [-0.2, -0.15) is 0 Å². The smallest absolute Gasteiger partial charge is 0.308 e. The summed E-state index contributed by atoms with van der Waals surface area (Å²) in [5.74, 6) is -3.00. The van der Waals surface area contributed by atoms with Crippen LogP contribution in [0.25, 0.3) is 0 Å². The SMILES string of the molecule is C[C@H]1C[C@H](O)[C@@H](C)/C=C/C=C/C=C/C=C/C=C/C=C/C=C/C(O[C@@H]2OC[C@@H](O)[C@H](N)[C@@H]2O)C[C@@H](C(C(=O)N[C@@H]2CCCC2O)[C@@H](O)CCO)OCCC(O)CC(O)C(O)CCC(O)CC(O)CC(=O)O1. The van der Waals surface area contributed by atoms with Crippen LogP contribution < -0.4 is 11.1 Å². The fraction of sp³-hybridized carbons (Fsp3) is 0.686. The lowest BCUT2D eigenvalue weighted by atomic mass is 9.88. The third kappa shape index (κ3) is 22.9. The van der Waals surface area contributed by atoms with E-state index in [-0.39, 0.29) is 70.5 Å². The third-order valence-corrected chi connectivity index (χ3v) is 12.6. The highest BCUT2D eigenvalue weighted by Gasteiger charge is 2.42. The van der Waals surface area contributed by atoms with Crippen molar-refractivity contribution in [2.45, 2.75) is 189 Å². The summed E-state index contributed by atoms with van der Waals surface area (Å²) < 4.78 is 23.5. The molecule has 3 aliphatic rings. The van der Waals surface area contributed by atoms with Crippen LogP contribution in [0.2, 0.25) is 0 Å². The number of amides is 1. The maximum Gasteiger partial charge on any atom is 0.308 e. The van der Waals surface area contributed by atoms with Gasteiger partial charge in [-0.25, -0.2) is 0 Å². The number of carbonyl (C=O) groups excluding carboxylic acids is 2. The molecule has 18 atom stereocenters. The molecule has 0 bridgehead atoms. The maximum atomic E-state index is 14.1. The van der Waals surface area contributed by atoms with E-state index in [9.17, 15) is 65.8 Å². The monoisotopic (exact) mass is 995 g/mol. The number of aliphatic hydroxyl groups excluding tert-OH is 11. The Labute approximate surface area is 412 Å². The van der Waals surface area contributed by atoms with Crippen molar-refractivity contribution in [3.05, 3.63) is 85.1 Å². The van der Waals surface area contributed by atoms with Crippen molar-refractivity contribution in [3.8, 4) is 0 Å². The zero-order valence-corrected chi connectivity index (χ0v) is 40.5. The Bertz CT molecular complexity index is 1710. The first-order chi connectivity index (χ1) is 33.4. The molecule has 0 radical (unpaired) electrons. The number of allylic oxidation sites excluding steroid dienone is 12. The lowest BCUT2D eigenvalue weighted by molar-refractivity contribution is -0.255. The molecular formula is C51H82N2O17. The molecule has 14 N–H and O–H groups in total. The van der Waals surface area contributed by atoms with E-state index in [1.807, 2.05) is 37.3 Å². The van der Waals surface area contributed by atoms with Gasteiger partial charge in [0.15, 0.2) is 6.29 Å². The van der Waals surface area contributed by atoms with Crippen LogP contribution in [0, 0.1) is 11.8 Å². The summed E-state index contributed by atoms with van der Waals surface area (Å²) >= 11 is 0. The number of carbonyl (C=O) groups is 2. The van der Waals surface area contributed by atoms with Crippen molar-refractivity contribution >= 4 is 11.9 Å². The van der Waals surface area contributed by atoms with Gasteiger partial charge in [-0.15, -0.1) is 0 Å². The van der Waals surface area contributed by atoms with Crippen molar-refractivity contribution < 1.29 is 84.7 Å². The molecule has 1 saturated carbocycles. The summed E-state index contributed by atoms with van der Waals surface area (Å²) in [7, 11) is 0. The minimum atomic E-state index is -1.46. The van der Waals surface area contributed by atoms with E-state index in [1.54, 1.807) is 61.6 Å². The largest absolute Gasteiger partial charge is 0.462 e. The van der Waals surface area contributed by atoms with E-state index in [0.717, 1.165) is 0 Å². The third-order valence-electron chi connectivity index (χ3n) is 12.6. The van der Waals surface area contributed by atoms with Crippen LogP contribution in [0.5, 0.6) is 0 Å². The van der Waals surface area contributed by atoms with Crippen LogP contribution in [0.3, 0.4) is 0 Å². The molecule has 2 aliphatic heterocycles. The molecule has 19 heteroatoms. The maximum absolute atomic E-state index is 14.1. The lowest BCUT2D eigenvalue weighted by Gasteiger charge is -2.38. The average Bonchev–Trinajstić information content (AvgIpc) is 3.70. The zero-order chi connectivity index (χ0) is 51.6. The minimum Gasteiger partial charge on any atom is -0.462 e. The van der Waals surface area contributed by atoms with Gasteiger partial charge in [-0.05, 0) is 58.3 Å². The first kappa shape index (κ1) is 60.8. The van der Waals surface area contributed by atoms with E-state index in [4.69, 9.17) is 24.7 Å². The molecule has 2 heterocycles. The minimum absolute atomic E-state index is 0.0567. The number of esters is 1. The summed E-state index contributed by atoms with van der Waals surface area (Å²) in [6.07, 6.45) is 8.44. The lowest BCUT2D eigenvalue weighted by Crippen LogP contribution is -2.58. The second kappa shape index (κ2) is 33.3. The number of rotatable bonds is 8. The summed E-state index contributed by atoms with van der Waals surface area (Å²) in [6, 6.07) is -1.71. The fourth-order valence-corrected chi connectivity index (χ4v) is 8.37. The Kier molecular flexibility index (Phi) is 28.9. The normalized spacial score (nSPS) is 40.1. The molecule has 70 heavy (non-hydrogen) atoms. The van der Waals surface area contributed by atoms with Crippen LogP contribution in [-0.4, -0.2) is 186 Å². The van der Waals surface area contributed by atoms with Gasteiger partial charge < -0.3 is 86.2 Å². The summed E-state index contributed by atoms with van der Waals surface area (Å²) in [5.41, 5.74) is 6.04. The van der Waals surface area contributed by atoms with Crippen LogP contribution >= 0.6 is 0 Å². The molecule has 0 spiro atoms. The van der Waals surface area contributed by atoms with Crippen molar-refractivity contribution in [3.63, 3.8) is 0 Å². The van der Waals surface area contributed by atoms with Crippen LogP contribution in [0.4, 0.5) is 0 Å². The Morgan fingerprint density at radius 2 is 1.31 bits per heavy atom.